The minimum atomic E-state index is -0.664. The Morgan fingerprint density at radius 1 is 0.281 bits per heavy atom. The summed E-state index contributed by atoms with van der Waals surface area (Å²) in [5.74, 6) is 0. The molecular formula is C61H37NO2. The molecule has 2 aliphatic rings. The highest BCUT2D eigenvalue weighted by atomic mass is 16.3. The average Bonchev–Trinajstić information content (AvgIpc) is 3.99. The molecule has 1 spiro atoms. The van der Waals surface area contributed by atoms with Crippen LogP contribution in [0.25, 0.3) is 88.4 Å². The van der Waals surface area contributed by atoms with Crippen LogP contribution in [0.4, 0.5) is 17.1 Å². The summed E-state index contributed by atoms with van der Waals surface area (Å²) in [6.45, 7) is 0. The summed E-state index contributed by atoms with van der Waals surface area (Å²) in [5, 5.41) is 4.48. The van der Waals surface area contributed by atoms with Gasteiger partial charge in [0.2, 0.25) is 0 Å². The molecule has 0 aliphatic heterocycles. The van der Waals surface area contributed by atoms with Crippen molar-refractivity contribution in [2.24, 2.45) is 0 Å². The maximum absolute atomic E-state index is 6.71. The molecule has 0 bridgehead atoms. The van der Waals surface area contributed by atoms with Gasteiger partial charge in [0.1, 0.15) is 22.3 Å². The summed E-state index contributed by atoms with van der Waals surface area (Å²) < 4.78 is 13.3. The largest absolute Gasteiger partial charge is 0.456 e. The molecule has 0 N–H and O–H groups in total. The van der Waals surface area contributed by atoms with Gasteiger partial charge in [-0.15, -0.1) is 0 Å². The van der Waals surface area contributed by atoms with Crippen molar-refractivity contribution >= 4 is 60.9 Å². The lowest BCUT2D eigenvalue weighted by atomic mass is 9.66. The number of benzene rings is 10. The van der Waals surface area contributed by atoms with Crippen LogP contribution in [-0.4, -0.2) is 0 Å². The van der Waals surface area contributed by atoms with Gasteiger partial charge in [0.15, 0.2) is 0 Å². The molecule has 12 aromatic rings. The smallest absolute Gasteiger partial charge is 0.137 e. The van der Waals surface area contributed by atoms with E-state index in [4.69, 9.17) is 8.83 Å². The van der Waals surface area contributed by atoms with Gasteiger partial charge >= 0.3 is 0 Å². The quantitative estimate of drug-likeness (QED) is 0.177. The lowest BCUT2D eigenvalue weighted by Crippen LogP contribution is -2.29. The molecule has 14 rings (SSSR count). The number of para-hydroxylation sites is 3. The van der Waals surface area contributed by atoms with E-state index in [1.807, 2.05) is 12.1 Å². The van der Waals surface area contributed by atoms with Crippen LogP contribution in [0.1, 0.15) is 22.3 Å². The molecule has 0 amide bonds. The summed E-state index contributed by atoms with van der Waals surface area (Å²) in [6, 6.07) is 81.8. The van der Waals surface area contributed by atoms with Gasteiger partial charge in [-0.1, -0.05) is 164 Å². The number of fused-ring (bicyclic) bond motifs is 18. The molecule has 1 unspecified atom stereocenters. The molecule has 3 nitrogen and oxygen atoms in total. The zero-order valence-electron chi connectivity index (χ0n) is 34.6. The van der Waals surface area contributed by atoms with E-state index in [-0.39, 0.29) is 0 Å². The predicted octanol–water partition coefficient (Wildman–Crippen LogP) is 16.6. The number of hydrogen-bond acceptors (Lipinski definition) is 3. The SMILES string of the molecule is c1ccc(-c2ccccc2N(c2ccc3c(c2)-c2ccccc2-c2ccccc2C32c3ccccc3-c3cc4c(cc32)oc2ccccc24)c2ccc3c(c2)oc2ccccc23)cc1. The summed E-state index contributed by atoms with van der Waals surface area (Å²) in [7, 11) is 0. The standard InChI is InChI=1S/C61H37NO2/c1-2-16-38(17-3-1)41-18-8-13-27-56(41)62(40-30-32-48-46-23-9-14-28-57(46)63-59(48)35-40)39-31-33-54-49(34-39)43-20-5-4-19-42(43)44-21-6-11-25-52(44)61(54)53-26-12-7-22-45(53)50-36-51-47-24-10-15-29-58(47)64-60(51)37-55(50)61/h1-37H. The first kappa shape index (κ1) is 35.2. The topological polar surface area (TPSA) is 29.5 Å². The zero-order chi connectivity index (χ0) is 41.9. The van der Waals surface area contributed by atoms with E-state index >= 15 is 0 Å². The van der Waals surface area contributed by atoms with Crippen molar-refractivity contribution in [1.82, 2.24) is 0 Å². The van der Waals surface area contributed by atoms with Crippen LogP contribution in [0.2, 0.25) is 0 Å². The van der Waals surface area contributed by atoms with Crippen molar-refractivity contribution in [2.75, 3.05) is 4.90 Å². The summed E-state index contributed by atoms with van der Waals surface area (Å²) in [6.07, 6.45) is 0. The fourth-order valence-electron chi connectivity index (χ4n) is 11.3. The van der Waals surface area contributed by atoms with Gasteiger partial charge in [-0.05, 0) is 116 Å². The molecule has 10 aromatic carbocycles. The van der Waals surface area contributed by atoms with Crippen molar-refractivity contribution in [3.8, 4) is 44.5 Å². The van der Waals surface area contributed by atoms with Crippen LogP contribution >= 0.6 is 0 Å². The second kappa shape index (κ2) is 13.3. The number of rotatable bonds is 4. The average molecular weight is 816 g/mol. The van der Waals surface area contributed by atoms with Gasteiger partial charge in [-0.2, -0.15) is 0 Å². The third kappa shape index (κ3) is 4.81. The Morgan fingerprint density at radius 3 is 1.50 bits per heavy atom. The molecular weight excluding hydrogens is 779 g/mol. The Labute approximate surface area is 369 Å². The monoisotopic (exact) mass is 815 g/mol. The third-order valence-corrected chi connectivity index (χ3v) is 13.9. The Balaban J connectivity index is 1.09. The van der Waals surface area contributed by atoms with Gasteiger partial charge < -0.3 is 13.7 Å². The van der Waals surface area contributed by atoms with E-state index in [2.05, 4.69) is 217 Å². The minimum Gasteiger partial charge on any atom is -0.456 e. The molecule has 1 atom stereocenters. The summed E-state index contributed by atoms with van der Waals surface area (Å²) >= 11 is 0. The van der Waals surface area contributed by atoms with Crippen LogP contribution in [0.15, 0.2) is 233 Å². The van der Waals surface area contributed by atoms with Crippen molar-refractivity contribution in [3.63, 3.8) is 0 Å². The van der Waals surface area contributed by atoms with Gasteiger partial charge in [0, 0.05) is 44.5 Å². The molecule has 64 heavy (non-hydrogen) atoms. The third-order valence-electron chi connectivity index (χ3n) is 13.9. The van der Waals surface area contributed by atoms with Crippen LogP contribution in [0, 0.1) is 0 Å². The second-order valence-electron chi connectivity index (χ2n) is 17.1. The minimum absolute atomic E-state index is 0.664. The number of furan rings is 2. The summed E-state index contributed by atoms with van der Waals surface area (Å²) in [5.41, 5.74) is 20.6. The normalized spacial score (nSPS) is 14.6. The molecule has 0 radical (unpaired) electrons. The van der Waals surface area contributed by atoms with E-state index < -0.39 is 5.41 Å². The number of nitrogens with zero attached hydrogens (tertiary/aromatic N) is 1. The predicted molar refractivity (Wildman–Crippen MR) is 263 cm³/mol. The Kier molecular flexibility index (Phi) is 7.32. The fraction of sp³-hybridized carbons (Fsp3) is 0.0164. The molecule has 0 saturated heterocycles. The lowest BCUT2D eigenvalue weighted by molar-refractivity contribution is 0.666. The highest BCUT2D eigenvalue weighted by Gasteiger charge is 2.50. The van der Waals surface area contributed by atoms with Crippen molar-refractivity contribution in [2.45, 2.75) is 5.41 Å². The second-order valence-corrected chi connectivity index (χ2v) is 17.1. The van der Waals surface area contributed by atoms with E-state index in [1.165, 1.54) is 55.6 Å². The van der Waals surface area contributed by atoms with E-state index in [0.29, 0.717) is 0 Å². The highest BCUT2D eigenvalue weighted by molar-refractivity contribution is 6.10. The van der Waals surface area contributed by atoms with Gasteiger partial charge in [0.25, 0.3) is 0 Å². The van der Waals surface area contributed by atoms with Crippen molar-refractivity contribution in [1.29, 1.82) is 0 Å². The zero-order valence-corrected chi connectivity index (χ0v) is 34.6. The molecule has 3 heteroatoms. The molecule has 2 aliphatic carbocycles. The first-order chi connectivity index (χ1) is 31.7. The number of anilines is 3. The lowest BCUT2D eigenvalue weighted by Gasteiger charge is -2.36. The first-order valence-electron chi connectivity index (χ1n) is 22.0. The highest BCUT2D eigenvalue weighted by Crippen LogP contribution is 2.63. The molecule has 2 aromatic heterocycles. The maximum atomic E-state index is 6.71. The van der Waals surface area contributed by atoms with Crippen LogP contribution in [0.5, 0.6) is 0 Å². The first-order valence-corrected chi connectivity index (χ1v) is 22.0. The van der Waals surface area contributed by atoms with Crippen LogP contribution in [-0.2, 0) is 5.41 Å². The van der Waals surface area contributed by atoms with E-state index in [9.17, 15) is 0 Å². The van der Waals surface area contributed by atoms with E-state index in [1.54, 1.807) is 0 Å². The fourth-order valence-corrected chi connectivity index (χ4v) is 11.3. The van der Waals surface area contributed by atoms with E-state index in [0.717, 1.165) is 72.1 Å². The van der Waals surface area contributed by atoms with Gasteiger partial charge in [0.05, 0.1) is 11.1 Å². The van der Waals surface area contributed by atoms with Crippen molar-refractivity contribution < 1.29 is 8.83 Å². The summed E-state index contributed by atoms with van der Waals surface area (Å²) in [4.78, 5) is 2.41. The maximum Gasteiger partial charge on any atom is 0.137 e. The Bertz CT molecular complexity index is 3870. The molecule has 0 saturated carbocycles. The molecule has 298 valence electrons. The Morgan fingerprint density at radius 2 is 0.766 bits per heavy atom. The van der Waals surface area contributed by atoms with Gasteiger partial charge in [-0.3, -0.25) is 0 Å². The number of hydrogen-bond donors (Lipinski definition) is 0. The van der Waals surface area contributed by atoms with Crippen LogP contribution in [0.3, 0.4) is 0 Å². The van der Waals surface area contributed by atoms with Crippen LogP contribution < -0.4 is 4.90 Å². The Hall–Kier alpha value is -8.40. The van der Waals surface area contributed by atoms with Crippen molar-refractivity contribution in [3.05, 3.63) is 247 Å². The molecule has 2 heterocycles. The molecule has 0 fully saturated rings. The van der Waals surface area contributed by atoms with Gasteiger partial charge in [-0.25, -0.2) is 0 Å².